The van der Waals surface area contributed by atoms with E-state index in [9.17, 15) is 27.6 Å². The first-order valence-electron chi connectivity index (χ1n) is 17.5. The van der Waals surface area contributed by atoms with Crippen LogP contribution in [-0.4, -0.2) is 59.3 Å². The third-order valence-corrected chi connectivity index (χ3v) is 10.9. The summed E-state index contributed by atoms with van der Waals surface area (Å²) in [6, 6.07) is 27.7. The number of carbonyl (C=O) groups is 3. The molecule has 12 heteroatoms. The van der Waals surface area contributed by atoms with Gasteiger partial charge in [0, 0.05) is 54.4 Å². The SMILES string of the molecule is COc1ccccc1CN(C(=O)CCCSc1ccc(OC(=O)c2ccc(SCCCC(=O)N(C)Cc3ccccc3C(F)(F)F)cc2)cc1)C1CC1. The van der Waals surface area contributed by atoms with Crippen LogP contribution in [0.1, 0.15) is 65.6 Å². The zero-order chi connectivity index (χ0) is 37.8. The van der Waals surface area contributed by atoms with Gasteiger partial charge in [0.25, 0.3) is 0 Å². The molecule has 0 N–H and O–H groups in total. The van der Waals surface area contributed by atoms with Gasteiger partial charge in [-0.05, 0) is 103 Å². The Balaban J connectivity index is 0.986. The highest BCUT2D eigenvalue weighted by Crippen LogP contribution is 2.33. The van der Waals surface area contributed by atoms with Gasteiger partial charge < -0.3 is 19.3 Å². The predicted molar refractivity (Wildman–Crippen MR) is 202 cm³/mol. The quantitative estimate of drug-likeness (QED) is 0.0433. The van der Waals surface area contributed by atoms with Crippen LogP contribution in [0.5, 0.6) is 11.5 Å². The highest BCUT2D eigenvalue weighted by atomic mass is 32.2. The van der Waals surface area contributed by atoms with Crippen LogP contribution in [0, 0.1) is 0 Å². The summed E-state index contributed by atoms with van der Waals surface area (Å²) in [5, 5.41) is 0. The zero-order valence-corrected chi connectivity index (χ0v) is 31.4. The van der Waals surface area contributed by atoms with E-state index in [0.717, 1.165) is 52.2 Å². The lowest BCUT2D eigenvalue weighted by molar-refractivity contribution is -0.139. The number of nitrogens with zero attached hydrogens (tertiary/aromatic N) is 2. The fraction of sp³-hybridized carbons (Fsp3) is 0.341. The van der Waals surface area contributed by atoms with Crippen LogP contribution in [0.15, 0.2) is 107 Å². The number of carbonyl (C=O) groups excluding carboxylic acids is 3. The lowest BCUT2D eigenvalue weighted by Crippen LogP contribution is -2.32. The number of thioether (sulfide) groups is 2. The second kappa shape index (κ2) is 19.1. The number of hydrogen-bond donors (Lipinski definition) is 0. The van der Waals surface area contributed by atoms with Crippen LogP contribution in [0.25, 0.3) is 0 Å². The molecule has 4 aromatic carbocycles. The molecule has 1 aliphatic rings. The van der Waals surface area contributed by atoms with E-state index in [1.807, 2.05) is 53.4 Å². The molecule has 0 aromatic heterocycles. The van der Waals surface area contributed by atoms with Gasteiger partial charge in [0.05, 0.1) is 18.2 Å². The molecule has 1 saturated carbocycles. The molecule has 7 nitrogen and oxygen atoms in total. The number of benzene rings is 4. The lowest BCUT2D eigenvalue weighted by Gasteiger charge is -2.23. The van der Waals surface area contributed by atoms with Gasteiger partial charge in [0.2, 0.25) is 11.8 Å². The molecule has 5 rings (SSSR count). The van der Waals surface area contributed by atoms with Crippen LogP contribution in [0.3, 0.4) is 0 Å². The van der Waals surface area contributed by atoms with Crippen molar-refractivity contribution in [2.75, 3.05) is 25.7 Å². The van der Waals surface area contributed by atoms with Gasteiger partial charge in [-0.2, -0.15) is 13.2 Å². The van der Waals surface area contributed by atoms with Crippen LogP contribution in [0.4, 0.5) is 13.2 Å². The normalized spacial score (nSPS) is 12.6. The van der Waals surface area contributed by atoms with Crippen molar-refractivity contribution in [3.05, 3.63) is 119 Å². The number of hydrogen-bond acceptors (Lipinski definition) is 7. The summed E-state index contributed by atoms with van der Waals surface area (Å²) in [4.78, 5) is 43.7. The van der Waals surface area contributed by atoms with E-state index >= 15 is 0 Å². The Morgan fingerprint density at radius 1 is 0.736 bits per heavy atom. The highest BCUT2D eigenvalue weighted by molar-refractivity contribution is 7.99. The molecule has 0 atom stereocenters. The van der Waals surface area contributed by atoms with Gasteiger partial charge in [-0.1, -0.05) is 36.4 Å². The van der Waals surface area contributed by atoms with E-state index in [2.05, 4.69) is 0 Å². The molecule has 0 saturated heterocycles. The number of halogens is 3. The molecule has 53 heavy (non-hydrogen) atoms. The number of esters is 1. The number of methoxy groups -OCH3 is 1. The molecule has 1 aliphatic carbocycles. The van der Waals surface area contributed by atoms with Crippen LogP contribution >= 0.6 is 23.5 Å². The molecule has 0 aliphatic heterocycles. The van der Waals surface area contributed by atoms with Crippen molar-refractivity contribution >= 4 is 41.3 Å². The molecule has 280 valence electrons. The van der Waals surface area contributed by atoms with Crippen molar-refractivity contribution in [1.29, 1.82) is 0 Å². The van der Waals surface area contributed by atoms with Gasteiger partial charge >= 0.3 is 12.1 Å². The Bertz CT molecular complexity index is 1830. The van der Waals surface area contributed by atoms with E-state index in [1.165, 1.54) is 41.9 Å². The summed E-state index contributed by atoms with van der Waals surface area (Å²) in [7, 11) is 3.16. The maximum absolute atomic E-state index is 13.3. The molecule has 0 radical (unpaired) electrons. The largest absolute Gasteiger partial charge is 0.496 e. The molecule has 0 unspecified atom stereocenters. The molecule has 0 bridgehead atoms. The molecular weight excluding hydrogens is 722 g/mol. The Labute approximate surface area is 317 Å². The summed E-state index contributed by atoms with van der Waals surface area (Å²) in [6.45, 7) is 0.448. The number of para-hydroxylation sites is 1. The first-order valence-corrected chi connectivity index (χ1v) is 19.5. The Hall–Kier alpha value is -4.42. The summed E-state index contributed by atoms with van der Waals surface area (Å²) in [5.74, 6) is 2.11. The Kier molecular flexibility index (Phi) is 14.3. The maximum atomic E-state index is 13.3. The average molecular weight is 765 g/mol. The van der Waals surface area contributed by atoms with Crippen molar-refractivity contribution < 1.29 is 37.0 Å². The molecule has 2 amide bonds. The van der Waals surface area contributed by atoms with E-state index < -0.39 is 17.7 Å². The van der Waals surface area contributed by atoms with E-state index in [4.69, 9.17) is 9.47 Å². The lowest BCUT2D eigenvalue weighted by atomic mass is 10.1. The third-order valence-electron chi connectivity index (χ3n) is 8.73. The van der Waals surface area contributed by atoms with Crippen molar-refractivity contribution in [1.82, 2.24) is 9.80 Å². The molecule has 1 fully saturated rings. The Morgan fingerprint density at radius 3 is 1.91 bits per heavy atom. The van der Waals surface area contributed by atoms with Gasteiger partial charge in [0.15, 0.2) is 0 Å². The number of alkyl halides is 3. The zero-order valence-electron chi connectivity index (χ0n) is 29.8. The standard InChI is InChI=1S/C41H43F3N2O5S2/c1-45(27-30-9-3-5-11-36(30)41(42,43)44)38(47)13-7-25-52-34-21-15-29(16-22-34)40(49)51-33-19-23-35(24-20-33)53-26-8-14-39(48)46(32-17-18-32)28-31-10-4-6-12-37(31)50-2/h3-6,9-12,15-16,19-24,32H,7-8,13-14,17-18,25-28H2,1-2H3. The molecule has 4 aromatic rings. The van der Waals surface area contributed by atoms with Gasteiger partial charge in [-0.15, -0.1) is 23.5 Å². The summed E-state index contributed by atoms with van der Waals surface area (Å²) >= 11 is 3.18. The third kappa shape index (κ3) is 12.0. The smallest absolute Gasteiger partial charge is 0.416 e. The summed E-state index contributed by atoms with van der Waals surface area (Å²) in [6.07, 6.45) is -0.391. The number of amides is 2. The van der Waals surface area contributed by atoms with Crippen LogP contribution in [-0.2, 0) is 28.9 Å². The molecule has 0 spiro atoms. The van der Waals surface area contributed by atoms with Gasteiger partial charge in [0.1, 0.15) is 11.5 Å². The predicted octanol–water partition coefficient (Wildman–Crippen LogP) is 9.53. The first-order chi connectivity index (χ1) is 25.5. The van der Waals surface area contributed by atoms with Crippen LogP contribution < -0.4 is 9.47 Å². The average Bonchev–Trinajstić information content (AvgIpc) is 4.00. The monoisotopic (exact) mass is 764 g/mol. The summed E-state index contributed by atoms with van der Waals surface area (Å²) < 4.78 is 50.9. The Morgan fingerprint density at radius 2 is 1.30 bits per heavy atom. The number of rotatable bonds is 18. The minimum Gasteiger partial charge on any atom is -0.496 e. The van der Waals surface area contributed by atoms with Crippen molar-refractivity contribution in [2.24, 2.45) is 0 Å². The minimum absolute atomic E-state index is 0.0638. The van der Waals surface area contributed by atoms with Gasteiger partial charge in [-0.25, -0.2) is 4.79 Å². The van der Waals surface area contributed by atoms with Gasteiger partial charge in [-0.3, -0.25) is 9.59 Å². The van der Waals surface area contributed by atoms with Crippen molar-refractivity contribution in [3.63, 3.8) is 0 Å². The number of ether oxygens (including phenoxy) is 2. The van der Waals surface area contributed by atoms with E-state index in [-0.39, 0.29) is 30.3 Å². The second-order valence-corrected chi connectivity index (χ2v) is 15.1. The van der Waals surface area contributed by atoms with Crippen molar-refractivity contribution in [3.8, 4) is 11.5 Å². The summed E-state index contributed by atoms with van der Waals surface area (Å²) in [5.41, 5.74) is 0.751. The second-order valence-electron chi connectivity index (χ2n) is 12.8. The topological polar surface area (TPSA) is 76.1 Å². The molecular formula is C41H43F3N2O5S2. The fourth-order valence-corrected chi connectivity index (χ4v) is 7.43. The first kappa shape index (κ1) is 39.8. The molecule has 0 heterocycles. The van der Waals surface area contributed by atoms with Crippen molar-refractivity contribution in [2.45, 2.75) is 73.6 Å². The van der Waals surface area contributed by atoms with Crippen LogP contribution in [0.2, 0.25) is 0 Å². The maximum Gasteiger partial charge on any atom is 0.416 e. The van der Waals surface area contributed by atoms with E-state index in [1.54, 1.807) is 43.1 Å². The highest BCUT2D eigenvalue weighted by Gasteiger charge is 2.34. The minimum atomic E-state index is -4.47. The van der Waals surface area contributed by atoms with E-state index in [0.29, 0.717) is 42.5 Å². The fourth-order valence-electron chi connectivity index (χ4n) is 5.72.